The van der Waals surface area contributed by atoms with Crippen LogP contribution in [-0.2, 0) is 14.6 Å². The van der Waals surface area contributed by atoms with Gasteiger partial charge in [0, 0.05) is 0 Å². The molecule has 0 aromatic heterocycles. The van der Waals surface area contributed by atoms with E-state index in [1.54, 1.807) is 0 Å². The lowest BCUT2D eigenvalue weighted by Crippen LogP contribution is -2.20. The predicted octanol–water partition coefficient (Wildman–Crippen LogP) is -0.244. The number of hydrogen-bond donors (Lipinski definition) is 4. The van der Waals surface area contributed by atoms with Crippen LogP contribution in [0.4, 0.5) is 0 Å². The van der Waals surface area contributed by atoms with Crippen LogP contribution in [0.1, 0.15) is 10.4 Å². The molecule has 4 N–H and O–H groups in total. The second-order valence-electron chi connectivity index (χ2n) is 2.97. The van der Waals surface area contributed by atoms with Crippen LogP contribution in [0.3, 0.4) is 0 Å². The summed E-state index contributed by atoms with van der Waals surface area (Å²) in [5, 5.41) is 8.58. The Morgan fingerprint density at radius 1 is 1.18 bits per heavy atom. The van der Waals surface area contributed by atoms with Crippen molar-refractivity contribution in [1.29, 1.82) is 0 Å². The van der Waals surface area contributed by atoms with Gasteiger partial charge in [-0.2, -0.15) is 0 Å². The number of benzene rings is 1. The number of rotatable bonds is 4. The number of carboxylic acid groups (broad SMARTS) is 1. The van der Waals surface area contributed by atoms with E-state index in [-0.39, 0.29) is 5.56 Å². The number of hydrogen-bond acceptors (Lipinski definition) is 4. The summed E-state index contributed by atoms with van der Waals surface area (Å²) in [6.07, 6.45) is 0. The first kappa shape index (κ1) is 13.8. The van der Waals surface area contributed by atoms with E-state index in [0.29, 0.717) is 0 Å². The topological polar surface area (TPSA) is 141 Å². The lowest BCUT2D eigenvalue weighted by Gasteiger charge is -2.07. The average Bonchev–Trinajstić information content (AvgIpc) is 2.14. The molecular formula is C7H8NO7PS. The molecule has 0 fully saturated rings. The quantitative estimate of drug-likeness (QED) is 0.558. The minimum atomic E-state index is -4.94. The lowest BCUT2D eigenvalue weighted by molar-refractivity contribution is 0.0696. The first-order chi connectivity index (χ1) is 7.62. The van der Waals surface area contributed by atoms with E-state index in [0.717, 1.165) is 28.8 Å². The van der Waals surface area contributed by atoms with Gasteiger partial charge in [0.05, 0.1) is 10.5 Å². The highest BCUT2D eigenvalue weighted by atomic mass is 32.2. The molecule has 0 aliphatic heterocycles. The fourth-order valence-corrected chi connectivity index (χ4v) is 3.15. The lowest BCUT2D eigenvalue weighted by atomic mass is 10.2. The van der Waals surface area contributed by atoms with E-state index in [9.17, 15) is 17.8 Å². The molecule has 0 aliphatic carbocycles. The van der Waals surface area contributed by atoms with Crippen molar-refractivity contribution in [3.63, 3.8) is 0 Å². The molecule has 1 rings (SSSR count). The third kappa shape index (κ3) is 3.91. The number of carbonyl (C=O) groups is 1. The minimum Gasteiger partial charge on any atom is -0.478 e. The summed E-state index contributed by atoms with van der Waals surface area (Å²) >= 11 is 0. The van der Waals surface area contributed by atoms with Crippen molar-refractivity contribution in [2.45, 2.75) is 4.90 Å². The molecule has 0 atom stereocenters. The van der Waals surface area contributed by atoms with Crippen molar-refractivity contribution in [2.75, 3.05) is 0 Å². The summed E-state index contributed by atoms with van der Waals surface area (Å²) in [7, 11) is -9.30. The Bertz CT molecular complexity index is 573. The van der Waals surface area contributed by atoms with Gasteiger partial charge in [0.15, 0.2) is 0 Å². The normalized spacial score (nSPS) is 12.4. The van der Waals surface area contributed by atoms with Gasteiger partial charge in [0.2, 0.25) is 10.0 Å². The van der Waals surface area contributed by atoms with Gasteiger partial charge < -0.3 is 14.9 Å². The number of carboxylic acids is 1. The zero-order chi connectivity index (χ0) is 13.3. The maximum absolute atomic E-state index is 11.4. The molecular weight excluding hydrogens is 273 g/mol. The van der Waals surface area contributed by atoms with Crippen LogP contribution >= 0.6 is 7.75 Å². The van der Waals surface area contributed by atoms with E-state index in [2.05, 4.69) is 0 Å². The molecule has 1 aromatic carbocycles. The van der Waals surface area contributed by atoms with Crippen molar-refractivity contribution < 1.29 is 32.7 Å². The third-order valence-electron chi connectivity index (χ3n) is 1.65. The molecule has 0 bridgehead atoms. The van der Waals surface area contributed by atoms with Crippen LogP contribution in [0.2, 0.25) is 0 Å². The molecule has 1 aromatic rings. The Morgan fingerprint density at radius 3 is 2.00 bits per heavy atom. The van der Waals surface area contributed by atoms with Crippen molar-refractivity contribution in [1.82, 2.24) is 4.49 Å². The van der Waals surface area contributed by atoms with Crippen molar-refractivity contribution in [2.24, 2.45) is 0 Å². The molecule has 8 nitrogen and oxygen atoms in total. The molecule has 0 saturated carbocycles. The highest BCUT2D eigenvalue weighted by molar-refractivity contribution is 7.94. The molecule has 0 spiro atoms. The van der Waals surface area contributed by atoms with E-state index in [1.807, 2.05) is 0 Å². The predicted molar refractivity (Wildman–Crippen MR) is 55.8 cm³/mol. The Kier molecular flexibility index (Phi) is 3.70. The Hall–Kier alpha value is -1.25. The SMILES string of the molecule is O=C(O)c1ccc(S(=O)(=O)NP(=O)(O)O)cc1. The first-order valence-corrected chi connectivity index (χ1v) is 7.14. The summed E-state index contributed by atoms with van der Waals surface area (Å²) in [5.41, 5.74) is -0.139. The molecule has 17 heavy (non-hydrogen) atoms. The van der Waals surface area contributed by atoms with Gasteiger partial charge in [-0.1, -0.05) is 0 Å². The summed E-state index contributed by atoms with van der Waals surface area (Å²) in [4.78, 5) is 27.0. The highest BCUT2D eigenvalue weighted by Gasteiger charge is 2.24. The monoisotopic (exact) mass is 281 g/mol. The van der Waals surface area contributed by atoms with Gasteiger partial charge in [-0.05, 0) is 24.3 Å². The summed E-state index contributed by atoms with van der Waals surface area (Å²) < 4.78 is 34.4. The number of nitrogens with one attached hydrogen (secondary N) is 1. The van der Waals surface area contributed by atoms with Gasteiger partial charge in [0.25, 0.3) is 0 Å². The molecule has 0 radical (unpaired) electrons. The summed E-state index contributed by atoms with van der Waals surface area (Å²) in [6.45, 7) is 0. The standard InChI is InChI=1S/C7H8NO7PS/c9-7(10)5-1-3-6(4-2-5)17(14,15)8-16(11,12)13/h1-4H,(H,9,10)(H3,8,11,12,13). The Balaban J connectivity index is 3.09. The molecule has 0 heterocycles. The number of aromatic carboxylic acids is 1. The average molecular weight is 281 g/mol. The maximum Gasteiger partial charge on any atom is 0.414 e. The second-order valence-corrected chi connectivity index (χ2v) is 6.26. The molecule has 94 valence electrons. The van der Waals surface area contributed by atoms with E-state index in [4.69, 9.17) is 14.9 Å². The second kappa shape index (κ2) is 4.55. The zero-order valence-electron chi connectivity index (χ0n) is 8.14. The fraction of sp³-hybridized carbons (Fsp3) is 0. The van der Waals surface area contributed by atoms with Gasteiger partial charge in [-0.25, -0.2) is 17.8 Å². The van der Waals surface area contributed by atoms with E-state index in [1.165, 1.54) is 0 Å². The van der Waals surface area contributed by atoms with Crippen LogP contribution in [0.15, 0.2) is 29.2 Å². The van der Waals surface area contributed by atoms with E-state index < -0.39 is 28.6 Å². The maximum atomic E-state index is 11.4. The van der Waals surface area contributed by atoms with Gasteiger partial charge in [-0.15, -0.1) is 4.49 Å². The summed E-state index contributed by atoms with van der Waals surface area (Å²) in [6, 6.07) is 3.88. The zero-order valence-corrected chi connectivity index (χ0v) is 9.85. The van der Waals surface area contributed by atoms with E-state index >= 15 is 0 Å². The summed E-state index contributed by atoms with van der Waals surface area (Å²) in [5.74, 6) is -1.24. The number of sulfonamides is 1. The van der Waals surface area contributed by atoms with Crippen LogP contribution in [0, 0.1) is 0 Å². The van der Waals surface area contributed by atoms with Crippen LogP contribution in [0.5, 0.6) is 0 Å². The van der Waals surface area contributed by atoms with Crippen LogP contribution in [-0.4, -0.2) is 29.3 Å². The van der Waals surface area contributed by atoms with Gasteiger partial charge in [-0.3, -0.25) is 0 Å². The highest BCUT2D eigenvalue weighted by Crippen LogP contribution is 2.31. The minimum absolute atomic E-state index is 0.139. The molecule has 10 heteroatoms. The largest absolute Gasteiger partial charge is 0.478 e. The Labute approximate surface area is 96.2 Å². The Morgan fingerprint density at radius 2 is 1.65 bits per heavy atom. The van der Waals surface area contributed by atoms with Crippen LogP contribution < -0.4 is 4.49 Å². The van der Waals surface area contributed by atoms with Crippen molar-refractivity contribution >= 4 is 23.7 Å². The fourth-order valence-electron chi connectivity index (χ4n) is 0.986. The third-order valence-corrected chi connectivity index (χ3v) is 4.46. The molecule has 0 unspecified atom stereocenters. The first-order valence-electron chi connectivity index (χ1n) is 4.05. The van der Waals surface area contributed by atoms with Gasteiger partial charge in [0.1, 0.15) is 0 Å². The van der Waals surface area contributed by atoms with Crippen LogP contribution in [0.25, 0.3) is 0 Å². The van der Waals surface area contributed by atoms with Crippen molar-refractivity contribution in [3.8, 4) is 0 Å². The molecule has 0 amide bonds. The smallest absolute Gasteiger partial charge is 0.414 e. The van der Waals surface area contributed by atoms with Gasteiger partial charge >= 0.3 is 13.7 Å². The molecule has 0 aliphatic rings. The van der Waals surface area contributed by atoms with Crippen molar-refractivity contribution in [3.05, 3.63) is 29.8 Å². The molecule has 0 saturated heterocycles.